The second kappa shape index (κ2) is 7.43. The van der Waals surface area contributed by atoms with Gasteiger partial charge in [0.25, 0.3) is 0 Å². The maximum Gasteiger partial charge on any atom is 0.224 e. The maximum atomic E-state index is 12.0. The number of nitrogen functional groups attached to an aromatic ring is 1. The SMILES string of the molecule is Cc1c(N)cccc1NC(=O)CCCN(C)C1CCOC1. The number of ether oxygens (including phenoxy) is 1. The molecule has 21 heavy (non-hydrogen) atoms. The predicted molar refractivity (Wildman–Crippen MR) is 85.3 cm³/mol. The highest BCUT2D eigenvalue weighted by Crippen LogP contribution is 2.20. The lowest BCUT2D eigenvalue weighted by Crippen LogP contribution is -2.33. The highest BCUT2D eigenvalue weighted by molar-refractivity contribution is 5.92. The fourth-order valence-electron chi connectivity index (χ4n) is 2.54. The average Bonchev–Trinajstić information content (AvgIpc) is 2.98. The Morgan fingerprint density at radius 2 is 2.33 bits per heavy atom. The van der Waals surface area contributed by atoms with Crippen LogP contribution in [0.4, 0.5) is 11.4 Å². The van der Waals surface area contributed by atoms with Crippen molar-refractivity contribution in [3.05, 3.63) is 23.8 Å². The topological polar surface area (TPSA) is 67.6 Å². The predicted octanol–water partition coefficient (Wildman–Crippen LogP) is 2.02. The van der Waals surface area contributed by atoms with E-state index in [9.17, 15) is 4.79 Å². The molecule has 0 aliphatic carbocycles. The molecule has 3 N–H and O–H groups in total. The van der Waals surface area contributed by atoms with Gasteiger partial charge in [-0.25, -0.2) is 0 Å². The second-order valence-corrected chi connectivity index (χ2v) is 5.67. The first-order chi connectivity index (χ1) is 10.1. The molecule has 1 aliphatic heterocycles. The number of anilines is 2. The molecule has 1 saturated heterocycles. The molecule has 1 unspecified atom stereocenters. The van der Waals surface area contributed by atoms with Crippen LogP contribution in [0.3, 0.4) is 0 Å². The number of benzene rings is 1. The molecule has 1 heterocycles. The number of hydrogen-bond acceptors (Lipinski definition) is 4. The Balaban J connectivity index is 1.73. The van der Waals surface area contributed by atoms with E-state index < -0.39 is 0 Å². The molecule has 5 nitrogen and oxygen atoms in total. The number of carbonyl (C=O) groups is 1. The summed E-state index contributed by atoms with van der Waals surface area (Å²) in [7, 11) is 2.10. The summed E-state index contributed by atoms with van der Waals surface area (Å²) in [6.07, 6.45) is 2.46. The van der Waals surface area contributed by atoms with Crippen LogP contribution >= 0.6 is 0 Å². The molecule has 0 spiro atoms. The van der Waals surface area contributed by atoms with Crippen LogP contribution in [0.1, 0.15) is 24.8 Å². The summed E-state index contributed by atoms with van der Waals surface area (Å²) >= 11 is 0. The maximum absolute atomic E-state index is 12.0. The first kappa shape index (κ1) is 15.8. The van der Waals surface area contributed by atoms with Gasteiger partial charge in [-0.1, -0.05) is 6.07 Å². The van der Waals surface area contributed by atoms with Crippen molar-refractivity contribution < 1.29 is 9.53 Å². The van der Waals surface area contributed by atoms with E-state index in [0.717, 1.165) is 43.9 Å². The standard InChI is InChI=1S/C16H25N3O2/c1-12-14(17)5-3-6-15(12)18-16(20)7-4-9-19(2)13-8-10-21-11-13/h3,5-6,13H,4,7-11,17H2,1-2H3,(H,18,20). The van der Waals surface area contributed by atoms with E-state index in [-0.39, 0.29) is 5.91 Å². The van der Waals surface area contributed by atoms with E-state index in [1.165, 1.54) is 0 Å². The minimum absolute atomic E-state index is 0.0415. The fourth-order valence-corrected chi connectivity index (χ4v) is 2.54. The molecule has 1 aliphatic rings. The third-order valence-corrected chi connectivity index (χ3v) is 4.09. The first-order valence-electron chi connectivity index (χ1n) is 7.51. The Morgan fingerprint density at radius 3 is 3.05 bits per heavy atom. The van der Waals surface area contributed by atoms with Gasteiger partial charge in [0.1, 0.15) is 0 Å². The van der Waals surface area contributed by atoms with Gasteiger partial charge in [-0.05, 0) is 51.1 Å². The average molecular weight is 291 g/mol. The zero-order valence-corrected chi connectivity index (χ0v) is 12.9. The largest absolute Gasteiger partial charge is 0.398 e. The number of nitrogens with two attached hydrogens (primary N) is 1. The van der Waals surface area contributed by atoms with Crippen molar-refractivity contribution >= 4 is 17.3 Å². The zero-order chi connectivity index (χ0) is 15.2. The van der Waals surface area contributed by atoms with E-state index in [1.807, 2.05) is 25.1 Å². The number of rotatable bonds is 6. The smallest absolute Gasteiger partial charge is 0.224 e. The van der Waals surface area contributed by atoms with Crippen LogP contribution in [0, 0.1) is 6.92 Å². The summed E-state index contributed by atoms with van der Waals surface area (Å²) in [5.41, 5.74) is 8.26. The van der Waals surface area contributed by atoms with Crippen LogP contribution in [0.5, 0.6) is 0 Å². The van der Waals surface area contributed by atoms with Crippen molar-refractivity contribution in [2.24, 2.45) is 0 Å². The van der Waals surface area contributed by atoms with Crippen LogP contribution in [0.25, 0.3) is 0 Å². The molecular formula is C16H25N3O2. The van der Waals surface area contributed by atoms with Crippen molar-refractivity contribution in [3.63, 3.8) is 0 Å². The molecule has 1 fully saturated rings. The molecule has 1 aromatic rings. The van der Waals surface area contributed by atoms with Crippen LogP contribution in [0.2, 0.25) is 0 Å². The van der Waals surface area contributed by atoms with Crippen molar-refractivity contribution in [2.75, 3.05) is 37.9 Å². The lowest BCUT2D eigenvalue weighted by Gasteiger charge is -2.22. The summed E-state index contributed by atoms with van der Waals surface area (Å²) in [5.74, 6) is 0.0415. The van der Waals surface area contributed by atoms with E-state index >= 15 is 0 Å². The Bertz CT molecular complexity index is 484. The first-order valence-corrected chi connectivity index (χ1v) is 7.51. The molecule has 0 saturated carbocycles. The molecule has 0 aromatic heterocycles. The third kappa shape index (κ3) is 4.44. The van der Waals surface area contributed by atoms with Crippen LogP contribution in [-0.4, -0.2) is 43.7 Å². The van der Waals surface area contributed by atoms with Crippen molar-refractivity contribution in [3.8, 4) is 0 Å². The molecule has 0 radical (unpaired) electrons. The van der Waals surface area contributed by atoms with Gasteiger partial charge in [0.15, 0.2) is 0 Å². The number of nitrogens with zero attached hydrogens (tertiary/aromatic N) is 1. The van der Waals surface area contributed by atoms with Gasteiger partial charge in [0, 0.05) is 30.4 Å². The lowest BCUT2D eigenvalue weighted by molar-refractivity contribution is -0.116. The van der Waals surface area contributed by atoms with Crippen molar-refractivity contribution in [1.82, 2.24) is 4.90 Å². The summed E-state index contributed by atoms with van der Waals surface area (Å²) in [5, 5.41) is 2.93. The monoisotopic (exact) mass is 291 g/mol. The highest BCUT2D eigenvalue weighted by Gasteiger charge is 2.19. The lowest BCUT2D eigenvalue weighted by atomic mass is 10.1. The number of likely N-dealkylation sites (N-methyl/N-ethyl adjacent to an activating group) is 1. The van der Waals surface area contributed by atoms with Crippen LogP contribution in [-0.2, 0) is 9.53 Å². The summed E-state index contributed by atoms with van der Waals surface area (Å²) in [4.78, 5) is 14.3. The quantitative estimate of drug-likeness (QED) is 0.787. The Labute approximate surface area is 126 Å². The van der Waals surface area contributed by atoms with Gasteiger partial charge >= 0.3 is 0 Å². The Hall–Kier alpha value is -1.59. The van der Waals surface area contributed by atoms with E-state index in [0.29, 0.717) is 18.2 Å². The van der Waals surface area contributed by atoms with Gasteiger partial charge in [-0.15, -0.1) is 0 Å². The summed E-state index contributed by atoms with van der Waals surface area (Å²) in [6.45, 7) is 4.49. The highest BCUT2D eigenvalue weighted by atomic mass is 16.5. The van der Waals surface area contributed by atoms with Crippen LogP contribution in [0.15, 0.2) is 18.2 Å². The summed E-state index contributed by atoms with van der Waals surface area (Å²) in [6, 6.07) is 6.07. The molecular weight excluding hydrogens is 266 g/mol. The van der Waals surface area contributed by atoms with Crippen molar-refractivity contribution in [2.45, 2.75) is 32.2 Å². The molecule has 2 rings (SSSR count). The fraction of sp³-hybridized carbons (Fsp3) is 0.562. The van der Waals surface area contributed by atoms with Gasteiger partial charge < -0.3 is 20.7 Å². The number of nitrogens with one attached hydrogen (secondary N) is 1. The van der Waals surface area contributed by atoms with Crippen LogP contribution < -0.4 is 11.1 Å². The number of carbonyl (C=O) groups excluding carboxylic acids is 1. The summed E-state index contributed by atoms with van der Waals surface area (Å²) < 4.78 is 5.38. The normalized spacial score (nSPS) is 18.1. The minimum Gasteiger partial charge on any atom is -0.398 e. The Morgan fingerprint density at radius 1 is 1.52 bits per heavy atom. The van der Waals surface area contributed by atoms with Gasteiger partial charge in [-0.3, -0.25) is 4.79 Å². The van der Waals surface area contributed by atoms with Gasteiger partial charge in [-0.2, -0.15) is 0 Å². The zero-order valence-electron chi connectivity index (χ0n) is 12.9. The third-order valence-electron chi connectivity index (χ3n) is 4.09. The van der Waals surface area contributed by atoms with Gasteiger partial charge in [0.05, 0.1) is 6.61 Å². The van der Waals surface area contributed by atoms with E-state index in [1.54, 1.807) is 0 Å². The Kier molecular flexibility index (Phi) is 5.59. The number of hydrogen-bond donors (Lipinski definition) is 2. The molecule has 5 heteroatoms. The molecule has 1 amide bonds. The van der Waals surface area contributed by atoms with E-state index in [2.05, 4.69) is 17.3 Å². The van der Waals surface area contributed by atoms with E-state index in [4.69, 9.17) is 10.5 Å². The van der Waals surface area contributed by atoms with Crippen molar-refractivity contribution in [1.29, 1.82) is 0 Å². The van der Waals surface area contributed by atoms with Gasteiger partial charge in [0.2, 0.25) is 5.91 Å². The molecule has 116 valence electrons. The number of amides is 1. The minimum atomic E-state index is 0.0415. The molecule has 1 atom stereocenters. The molecule has 1 aromatic carbocycles. The molecule has 0 bridgehead atoms. The second-order valence-electron chi connectivity index (χ2n) is 5.67.